The first kappa shape index (κ1) is 53.3. The minimum Gasteiger partial charge on any atom is -0.309 e. The van der Waals surface area contributed by atoms with Crippen molar-refractivity contribution in [3.05, 3.63) is 285 Å². The molecule has 426 valence electrons. The van der Waals surface area contributed by atoms with E-state index in [1.54, 1.807) is 21.3 Å². The Morgan fingerprint density at radius 2 is 0.444 bits per heavy atom. The summed E-state index contributed by atoms with van der Waals surface area (Å²) in [6, 6.07) is 87.3. The molecule has 0 N–H and O–H groups in total. The maximum Gasteiger partial charge on any atom is 0.420 e. The van der Waals surface area contributed by atoms with Gasteiger partial charge in [0.05, 0.1) is 33.4 Å². The van der Waals surface area contributed by atoms with Crippen LogP contribution in [0.2, 0.25) is 0 Å². The van der Waals surface area contributed by atoms with Gasteiger partial charge in [-0.05, 0) is 60.7 Å². The third kappa shape index (κ3) is 9.65. The Hall–Kier alpha value is -12.2. The van der Waals surface area contributed by atoms with Crippen LogP contribution in [0, 0.1) is 0 Å². The molecule has 0 aliphatic heterocycles. The predicted octanol–water partition coefficient (Wildman–Crippen LogP) is 18.5. The van der Waals surface area contributed by atoms with Crippen molar-refractivity contribution in [2.45, 2.75) is 6.18 Å². The summed E-state index contributed by atoms with van der Waals surface area (Å²) in [7, 11) is 0. The minimum absolute atomic E-state index is 0.149. The standard InChI is InChI=1S/C76H46F3N11/c77-76(78,79)66-64(89-60-37-21-19-35-56(60)58-43-53(39-41-62(58)89)73-83-67(47-23-7-1-8-24-47)80-68(84-73)48-25-9-2-10-26-48)45-55(75-87-71(51-31-15-5-16-32-51)82-72(88-75)52-33-17-6-18-34-52)46-65(66)90-61-38-22-20-36-57(61)59-44-54(40-42-63(59)90)74-85-69(49-27-11-3-12-28-49)81-70(86-74)50-29-13-4-14-30-50/h1-46H. The van der Waals surface area contributed by atoms with Gasteiger partial charge in [-0.3, -0.25) is 0 Å². The second kappa shape index (κ2) is 22.0. The van der Waals surface area contributed by atoms with Crippen LogP contribution in [-0.4, -0.2) is 54.0 Å². The molecule has 0 radical (unpaired) electrons. The van der Waals surface area contributed by atoms with Crippen molar-refractivity contribution in [1.82, 2.24) is 54.0 Å². The lowest BCUT2D eigenvalue weighted by molar-refractivity contribution is -0.137. The number of nitrogens with zero attached hydrogens (tertiary/aromatic N) is 11. The van der Waals surface area contributed by atoms with Crippen LogP contribution in [0.5, 0.6) is 0 Å². The van der Waals surface area contributed by atoms with E-state index in [1.165, 1.54) is 0 Å². The average Bonchev–Trinajstić information content (AvgIpc) is 1.45. The Morgan fingerprint density at radius 3 is 0.722 bits per heavy atom. The second-order valence-electron chi connectivity index (χ2n) is 21.7. The number of halogens is 3. The molecule has 0 bridgehead atoms. The van der Waals surface area contributed by atoms with Crippen LogP contribution in [0.4, 0.5) is 13.2 Å². The average molecular weight is 1170 g/mol. The van der Waals surface area contributed by atoms with Gasteiger partial charge in [-0.25, -0.2) is 44.9 Å². The number of benzene rings is 11. The number of aromatic nitrogens is 11. The third-order valence-electron chi connectivity index (χ3n) is 16.1. The van der Waals surface area contributed by atoms with Crippen LogP contribution < -0.4 is 0 Å². The highest BCUT2D eigenvalue weighted by Gasteiger charge is 2.40. The first-order chi connectivity index (χ1) is 44.2. The van der Waals surface area contributed by atoms with Gasteiger partial charge in [-0.15, -0.1) is 0 Å². The Balaban J connectivity index is 0.965. The first-order valence-electron chi connectivity index (χ1n) is 29.2. The van der Waals surface area contributed by atoms with E-state index in [4.69, 9.17) is 44.9 Å². The quantitative estimate of drug-likeness (QED) is 0.124. The maximum absolute atomic E-state index is 17.4. The van der Waals surface area contributed by atoms with Gasteiger partial charge < -0.3 is 9.13 Å². The molecule has 0 spiro atoms. The monoisotopic (exact) mass is 1170 g/mol. The van der Waals surface area contributed by atoms with Crippen molar-refractivity contribution in [3.63, 3.8) is 0 Å². The number of fused-ring (bicyclic) bond motifs is 6. The van der Waals surface area contributed by atoms with E-state index in [1.807, 2.05) is 267 Å². The molecule has 0 fully saturated rings. The summed E-state index contributed by atoms with van der Waals surface area (Å²) in [4.78, 5) is 45.2. The van der Waals surface area contributed by atoms with Crippen LogP contribution >= 0.6 is 0 Å². The van der Waals surface area contributed by atoms with E-state index in [2.05, 4.69) is 0 Å². The van der Waals surface area contributed by atoms with Gasteiger partial charge in [0.2, 0.25) is 0 Å². The van der Waals surface area contributed by atoms with Crippen LogP contribution in [0.1, 0.15) is 5.56 Å². The molecule has 11 nitrogen and oxygen atoms in total. The molecule has 11 aromatic carbocycles. The highest BCUT2D eigenvalue weighted by molar-refractivity contribution is 6.12. The molecule has 0 atom stereocenters. The Kier molecular flexibility index (Phi) is 13.0. The second-order valence-corrected chi connectivity index (χ2v) is 21.7. The Labute approximate surface area is 512 Å². The first-order valence-corrected chi connectivity index (χ1v) is 29.2. The zero-order valence-electron chi connectivity index (χ0n) is 47.6. The van der Waals surface area contributed by atoms with Gasteiger partial charge in [-0.2, -0.15) is 13.2 Å². The van der Waals surface area contributed by atoms with E-state index in [9.17, 15) is 0 Å². The molecule has 0 aliphatic carbocycles. The normalized spacial score (nSPS) is 11.7. The predicted molar refractivity (Wildman–Crippen MR) is 349 cm³/mol. The number of hydrogen-bond donors (Lipinski definition) is 0. The number of para-hydroxylation sites is 2. The molecule has 0 aliphatic rings. The maximum atomic E-state index is 17.4. The third-order valence-corrected chi connectivity index (χ3v) is 16.1. The molecular formula is C76H46F3N11. The largest absolute Gasteiger partial charge is 0.420 e. The molecule has 14 heteroatoms. The lowest BCUT2D eigenvalue weighted by Gasteiger charge is -2.23. The van der Waals surface area contributed by atoms with Crippen molar-refractivity contribution >= 4 is 43.6 Å². The molecule has 5 heterocycles. The van der Waals surface area contributed by atoms with Gasteiger partial charge >= 0.3 is 6.18 Å². The van der Waals surface area contributed by atoms with Crippen LogP contribution in [-0.2, 0) is 6.18 Å². The molecule has 5 aromatic heterocycles. The summed E-state index contributed by atoms with van der Waals surface area (Å²) in [6.45, 7) is 0. The Morgan fingerprint density at radius 1 is 0.211 bits per heavy atom. The summed E-state index contributed by atoms with van der Waals surface area (Å²) in [6.07, 6.45) is -4.97. The smallest absolute Gasteiger partial charge is 0.309 e. The van der Waals surface area contributed by atoms with Crippen molar-refractivity contribution in [2.75, 3.05) is 0 Å². The molecule has 90 heavy (non-hydrogen) atoms. The molecule has 16 aromatic rings. The van der Waals surface area contributed by atoms with Crippen LogP contribution in [0.3, 0.4) is 0 Å². The summed E-state index contributed by atoms with van der Waals surface area (Å²) in [5.74, 6) is 3.59. The summed E-state index contributed by atoms with van der Waals surface area (Å²) < 4.78 is 55.5. The van der Waals surface area contributed by atoms with Crippen molar-refractivity contribution in [1.29, 1.82) is 0 Å². The summed E-state index contributed by atoms with van der Waals surface area (Å²) in [5, 5.41) is 2.78. The zero-order valence-corrected chi connectivity index (χ0v) is 47.6. The van der Waals surface area contributed by atoms with E-state index >= 15 is 13.2 Å². The molecule has 16 rings (SSSR count). The fourth-order valence-electron chi connectivity index (χ4n) is 11.9. The van der Waals surface area contributed by atoms with Gasteiger partial charge in [0.25, 0.3) is 0 Å². The van der Waals surface area contributed by atoms with Gasteiger partial charge in [0.15, 0.2) is 52.4 Å². The lowest BCUT2D eigenvalue weighted by Crippen LogP contribution is -2.16. The highest BCUT2D eigenvalue weighted by Crippen LogP contribution is 2.47. The van der Waals surface area contributed by atoms with E-state index in [0.717, 1.165) is 22.3 Å². The summed E-state index contributed by atoms with van der Waals surface area (Å²) in [5.41, 5.74) is 7.13. The van der Waals surface area contributed by atoms with Gasteiger partial charge in [-0.1, -0.05) is 218 Å². The van der Waals surface area contributed by atoms with Crippen molar-refractivity contribution in [3.8, 4) is 114 Å². The van der Waals surface area contributed by atoms with E-state index in [0.29, 0.717) is 118 Å². The fourth-order valence-corrected chi connectivity index (χ4v) is 11.9. The van der Waals surface area contributed by atoms with Crippen LogP contribution in [0.25, 0.3) is 157 Å². The molecule has 0 unspecified atom stereocenters. The van der Waals surface area contributed by atoms with Gasteiger partial charge in [0, 0.05) is 71.6 Å². The zero-order chi connectivity index (χ0) is 60.3. The highest BCUT2D eigenvalue weighted by atomic mass is 19.4. The number of rotatable bonds is 11. The lowest BCUT2D eigenvalue weighted by atomic mass is 10.0. The molecule has 0 amide bonds. The number of alkyl halides is 3. The minimum atomic E-state index is -4.97. The van der Waals surface area contributed by atoms with E-state index < -0.39 is 11.7 Å². The molecule has 0 saturated heterocycles. The van der Waals surface area contributed by atoms with Crippen molar-refractivity contribution in [2.24, 2.45) is 0 Å². The topological polar surface area (TPSA) is 126 Å². The number of hydrogen-bond acceptors (Lipinski definition) is 9. The molecule has 0 saturated carbocycles. The fraction of sp³-hybridized carbons (Fsp3) is 0.0132. The van der Waals surface area contributed by atoms with E-state index in [-0.39, 0.29) is 17.2 Å². The van der Waals surface area contributed by atoms with Crippen LogP contribution in [0.15, 0.2) is 279 Å². The SMILES string of the molecule is FC(F)(F)c1c(-n2c3ccccc3c3cc(-c4nc(-c5ccccc5)nc(-c5ccccc5)n4)ccc32)cc(-c2nc(-c3ccccc3)nc(-c3ccccc3)n2)cc1-n1c2ccccc2c2cc(-c3nc(-c4ccccc4)nc(-c4ccccc4)n3)ccc21. The van der Waals surface area contributed by atoms with Crippen molar-refractivity contribution < 1.29 is 13.2 Å². The Bertz CT molecular complexity index is 4960. The summed E-state index contributed by atoms with van der Waals surface area (Å²) >= 11 is 0. The van der Waals surface area contributed by atoms with Gasteiger partial charge in [0.1, 0.15) is 5.56 Å². The molecular weight excluding hydrogens is 1120 g/mol.